The van der Waals surface area contributed by atoms with E-state index in [2.05, 4.69) is 36.1 Å². The molecule has 1 aliphatic heterocycles. The Hall–Kier alpha value is -1.60. The Kier molecular flexibility index (Phi) is 3.99. The van der Waals surface area contributed by atoms with Gasteiger partial charge in [-0.25, -0.2) is 0 Å². The van der Waals surface area contributed by atoms with Crippen LogP contribution >= 0.6 is 11.5 Å². The summed E-state index contributed by atoms with van der Waals surface area (Å²) in [6.07, 6.45) is 4.81. The Bertz CT molecular complexity index is 623. The summed E-state index contributed by atoms with van der Waals surface area (Å²) in [5, 5.41) is 18.3. The second-order valence-electron chi connectivity index (χ2n) is 6.18. The molecule has 1 aliphatic carbocycles. The summed E-state index contributed by atoms with van der Waals surface area (Å²) in [5.41, 5.74) is 3.65. The summed E-state index contributed by atoms with van der Waals surface area (Å²) < 4.78 is 3.87. The highest BCUT2D eigenvalue weighted by Crippen LogP contribution is 2.26. The van der Waals surface area contributed by atoms with Crippen LogP contribution in [0.2, 0.25) is 0 Å². The predicted octanol–water partition coefficient (Wildman–Crippen LogP) is 1.43. The number of rotatable bonds is 5. The van der Waals surface area contributed by atoms with Crippen LogP contribution < -0.4 is 10.2 Å². The fourth-order valence-electron chi connectivity index (χ4n) is 3.18. The average Bonchev–Trinajstić information content (AvgIpc) is 3.02. The van der Waals surface area contributed by atoms with E-state index >= 15 is 0 Å². The molecule has 0 atom stereocenters. The van der Waals surface area contributed by atoms with Crippen molar-refractivity contribution in [2.75, 3.05) is 24.5 Å². The Morgan fingerprint density at radius 1 is 1.18 bits per heavy atom. The largest absolute Gasteiger partial charge is 0.354 e. The molecule has 0 spiro atoms. The quantitative estimate of drug-likeness (QED) is 0.900. The van der Waals surface area contributed by atoms with Gasteiger partial charge in [0.1, 0.15) is 0 Å². The minimum Gasteiger partial charge on any atom is -0.354 e. The molecule has 0 unspecified atom stereocenters. The van der Waals surface area contributed by atoms with Gasteiger partial charge in [-0.15, -0.1) is 10.2 Å². The normalized spacial score (nSPS) is 18.1. The summed E-state index contributed by atoms with van der Waals surface area (Å²) in [6.45, 7) is 3.96. The highest BCUT2D eigenvalue weighted by molar-refractivity contribution is 7.03. The number of nitrogens with zero attached hydrogens (tertiary/aromatic N) is 5. The summed E-state index contributed by atoms with van der Waals surface area (Å²) >= 11 is 1.40. The zero-order valence-corrected chi connectivity index (χ0v) is 13.3. The van der Waals surface area contributed by atoms with Crippen molar-refractivity contribution in [2.45, 2.75) is 32.2 Å². The van der Waals surface area contributed by atoms with E-state index in [1.165, 1.54) is 42.1 Å². The number of aryl methyl sites for hydroxylation is 2. The molecule has 1 saturated heterocycles. The first-order chi connectivity index (χ1) is 10.9. The second kappa shape index (κ2) is 6.26. The number of anilines is 1. The summed E-state index contributed by atoms with van der Waals surface area (Å²) in [4.78, 5) is 2.33. The van der Waals surface area contributed by atoms with Crippen molar-refractivity contribution >= 4 is 17.4 Å². The molecule has 4 rings (SSSR count). The molecule has 7 heteroatoms. The van der Waals surface area contributed by atoms with Gasteiger partial charge >= 0.3 is 0 Å². The number of nitrogens with one attached hydrogen (secondary N) is 1. The molecule has 0 amide bonds. The van der Waals surface area contributed by atoms with E-state index < -0.39 is 0 Å². The Labute approximate surface area is 134 Å². The maximum absolute atomic E-state index is 4.42. The molecule has 1 fully saturated rings. The third-order valence-corrected chi connectivity index (χ3v) is 5.04. The number of hydrogen-bond donors (Lipinski definition) is 1. The monoisotopic (exact) mass is 316 g/mol. The molecule has 22 heavy (non-hydrogen) atoms. The van der Waals surface area contributed by atoms with E-state index in [0.717, 1.165) is 44.1 Å². The van der Waals surface area contributed by atoms with E-state index in [9.17, 15) is 0 Å². The molecule has 2 aromatic heterocycles. The SMILES string of the molecule is c1snnc1CNCC1CN(c2cc3c(nn2)CCCC3)C1. The van der Waals surface area contributed by atoms with Crippen molar-refractivity contribution in [1.29, 1.82) is 0 Å². The maximum atomic E-state index is 4.42. The molecule has 3 heterocycles. The first-order valence-corrected chi connectivity index (χ1v) is 8.79. The molecule has 1 N–H and O–H groups in total. The lowest BCUT2D eigenvalue weighted by atomic mass is 9.95. The lowest BCUT2D eigenvalue weighted by molar-refractivity contribution is 0.380. The van der Waals surface area contributed by atoms with Gasteiger partial charge in [-0.2, -0.15) is 5.10 Å². The molecule has 0 saturated carbocycles. The van der Waals surface area contributed by atoms with Crippen molar-refractivity contribution in [1.82, 2.24) is 25.1 Å². The van der Waals surface area contributed by atoms with Crippen LogP contribution in [0, 0.1) is 5.92 Å². The van der Waals surface area contributed by atoms with Gasteiger partial charge in [-0.3, -0.25) is 0 Å². The van der Waals surface area contributed by atoms with Crippen molar-refractivity contribution in [2.24, 2.45) is 5.92 Å². The van der Waals surface area contributed by atoms with Crippen molar-refractivity contribution in [3.8, 4) is 0 Å². The zero-order chi connectivity index (χ0) is 14.8. The number of fused-ring (bicyclic) bond motifs is 1. The van der Waals surface area contributed by atoms with Crippen LogP contribution in [0.1, 0.15) is 29.8 Å². The molecule has 0 aromatic carbocycles. The number of aromatic nitrogens is 4. The highest BCUT2D eigenvalue weighted by Gasteiger charge is 2.28. The standard InChI is InChI=1S/C15H20N6S/c1-2-4-14-12(3-1)5-15(19-18-14)21-8-11(9-21)6-16-7-13-10-22-20-17-13/h5,10-11,16H,1-4,6-9H2. The van der Waals surface area contributed by atoms with Crippen molar-refractivity contribution < 1.29 is 0 Å². The van der Waals surface area contributed by atoms with Gasteiger partial charge in [-0.1, -0.05) is 4.49 Å². The molecule has 6 nitrogen and oxygen atoms in total. The average molecular weight is 316 g/mol. The first kappa shape index (κ1) is 14.0. The lowest BCUT2D eigenvalue weighted by Gasteiger charge is -2.40. The van der Waals surface area contributed by atoms with Gasteiger partial charge in [0.2, 0.25) is 0 Å². The van der Waals surface area contributed by atoms with E-state index in [4.69, 9.17) is 0 Å². The predicted molar refractivity (Wildman–Crippen MR) is 86.0 cm³/mol. The third kappa shape index (κ3) is 2.96. The molecule has 2 aromatic rings. The minimum atomic E-state index is 0.685. The van der Waals surface area contributed by atoms with Crippen molar-refractivity contribution in [3.05, 3.63) is 28.4 Å². The van der Waals surface area contributed by atoms with Gasteiger partial charge in [0.05, 0.1) is 11.4 Å². The summed E-state index contributed by atoms with van der Waals surface area (Å²) in [5.74, 6) is 1.74. The summed E-state index contributed by atoms with van der Waals surface area (Å²) in [6, 6.07) is 2.26. The molecular weight excluding hydrogens is 296 g/mol. The van der Waals surface area contributed by atoms with Crippen LogP contribution in [-0.4, -0.2) is 39.4 Å². The molecule has 0 radical (unpaired) electrons. The lowest BCUT2D eigenvalue weighted by Crippen LogP contribution is -2.51. The molecular formula is C15H20N6S. The zero-order valence-electron chi connectivity index (χ0n) is 12.5. The van der Waals surface area contributed by atoms with Gasteiger partial charge in [0, 0.05) is 37.5 Å². The Morgan fingerprint density at radius 3 is 2.95 bits per heavy atom. The van der Waals surface area contributed by atoms with E-state index in [1.54, 1.807) is 0 Å². The van der Waals surface area contributed by atoms with Gasteiger partial charge in [0.25, 0.3) is 0 Å². The Balaban J connectivity index is 1.26. The Morgan fingerprint density at radius 2 is 2.09 bits per heavy atom. The fourth-order valence-corrected chi connectivity index (χ4v) is 3.64. The maximum Gasteiger partial charge on any atom is 0.151 e. The smallest absolute Gasteiger partial charge is 0.151 e. The van der Waals surface area contributed by atoms with Crippen LogP contribution in [0.5, 0.6) is 0 Å². The van der Waals surface area contributed by atoms with Crippen LogP contribution in [0.4, 0.5) is 5.82 Å². The molecule has 2 aliphatic rings. The number of hydrogen-bond acceptors (Lipinski definition) is 7. The second-order valence-corrected chi connectivity index (χ2v) is 6.79. The van der Waals surface area contributed by atoms with Crippen LogP contribution in [0.3, 0.4) is 0 Å². The van der Waals surface area contributed by atoms with Gasteiger partial charge in [-0.05, 0) is 48.8 Å². The molecule has 116 valence electrons. The van der Waals surface area contributed by atoms with E-state index in [0.29, 0.717) is 5.92 Å². The van der Waals surface area contributed by atoms with Crippen LogP contribution in [-0.2, 0) is 19.4 Å². The van der Waals surface area contributed by atoms with E-state index in [1.807, 2.05) is 5.38 Å². The topological polar surface area (TPSA) is 66.8 Å². The fraction of sp³-hybridized carbons (Fsp3) is 0.600. The van der Waals surface area contributed by atoms with Gasteiger partial charge in [0.15, 0.2) is 5.82 Å². The summed E-state index contributed by atoms with van der Waals surface area (Å²) in [7, 11) is 0. The molecule has 0 bridgehead atoms. The van der Waals surface area contributed by atoms with Crippen molar-refractivity contribution in [3.63, 3.8) is 0 Å². The van der Waals surface area contributed by atoms with Crippen LogP contribution in [0.25, 0.3) is 0 Å². The van der Waals surface area contributed by atoms with E-state index in [-0.39, 0.29) is 0 Å². The first-order valence-electron chi connectivity index (χ1n) is 7.95. The van der Waals surface area contributed by atoms with Crippen LogP contribution in [0.15, 0.2) is 11.4 Å². The highest BCUT2D eigenvalue weighted by atomic mass is 32.1. The minimum absolute atomic E-state index is 0.685. The van der Waals surface area contributed by atoms with Gasteiger partial charge < -0.3 is 10.2 Å². The third-order valence-electron chi connectivity index (χ3n) is 4.48.